The second-order valence-electron chi connectivity index (χ2n) is 4.28. The fourth-order valence-electron chi connectivity index (χ4n) is 1.97. The van der Waals surface area contributed by atoms with Crippen molar-refractivity contribution in [2.45, 2.75) is 32.7 Å². The van der Waals surface area contributed by atoms with Crippen LogP contribution in [0.25, 0.3) is 0 Å². The summed E-state index contributed by atoms with van der Waals surface area (Å²) >= 11 is 0. The maximum absolute atomic E-state index is 3.28. The second-order valence-corrected chi connectivity index (χ2v) is 4.28. The summed E-state index contributed by atoms with van der Waals surface area (Å²) < 4.78 is 0. The van der Waals surface area contributed by atoms with Gasteiger partial charge in [-0.25, -0.2) is 0 Å². The van der Waals surface area contributed by atoms with E-state index in [1.54, 1.807) is 0 Å². The van der Waals surface area contributed by atoms with Crippen LogP contribution in [0.1, 0.15) is 26.7 Å². The van der Waals surface area contributed by atoms with Crippen molar-refractivity contribution >= 4 is 0 Å². The third kappa shape index (κ3) is 1.30. The zero-order valence-corrected chi connectivity index (χ0v) is 7.51. The molecule has 11 heavy (non-hydrogen) atoms. The summed E-state index contributed by atoms with van der Waals surface area (Å²) in [5.41, 5.74) is 0. The molecule has 0 aromatic heterocycles. The van der Waals surface area contributed by atoms with Crippen molar-refractivity contribution in [3.63, 3.8) is 0 Å². The lowest BCUT2D eigenvalue weighted by atomic mass is 9.73. The van der Waals surface area contributed by atoms with Gasteiger partial charge in [-0.1, -0.05) is 13.8 Å². The van der Waals surface area contributed by atoms with E-state index in [1.165, 1.54) is 12.8 Å². The predicted octanol–water partition coefficient (Wildman–Crippen LogP) is 1.24. The minimum Gasteiger partial charge on any atom is -0.291 e. The van der Waals surface area contributed by atoms with Crippen LogP contribution in [0, 0.1) is 11.8 Å². The molecular formula is C9H18N2. The van der Waals surface area contributed by atoms with Gasteiger partial charge in [0.25, 0.3) is 0 Å². The molecule has 0 amide bonds. The van der Waals surface area contributed by atoms with Gasteiger partial charge in [0.1, 0.15) is 0 Å². The lowest BCUT2D eigenvalue weighted by Crippen LogP contribution is -2.60. The first-order valence-corrected chi connectivity index (χ1v) is 4.72. The number of hydrogen-bond acceptors (Lipinski definition) is 2. The third-order valence-corrected chi connectivity index (χ3v) is 3.24. The van der Waals surface area contributed by atoms with E-state index in [0.717, 1.165) is 31.2 Å². The van der Waals surface area contributed by atoms with Gasteiger partial charge < -0.3 is 0 Å². The number of nitrogens with one attached hydrogen (secondary N) is 1. The largest absolute Gasteiger partial charge is 0.291 e. The van der Waals surface area contributed by atoms with Gasteiger partial charge >= 0.3 is 0 Å². The lowest BCUT2D eigenvalue weighted by molar-refractivity contribution is -0.00353. The van der Waals surface area contributed by atoms with Crippen molar-refractivity contribution in [3.05, 3.63) is 0 Å². The summed E-state index contributed by atoms with van der Waals surface area (Å²) in [6.07, 6.45) is 2.89. The van der Waals surface area contributed by atoms with Gasteiger partial charge in [-0.15, -0.1) is 0 Å². The summed E-state index contributed by atoms with van der Waals surface area (Å²) in [4.78, 5) is 2.54. The average molecular weight is 154 g/mol. The van der Waals surface area contributed by atoms with E-state index >= 15 is 0 Å². The van der Waals surface area contributed by atoms with E-state index in [-0.39, 0.29) is 0 Å². The molecule has 2 nitrogen and oxygen atoms in total. The first-order valence-electron chi connectivity index (χ1n) is 4.72. The molecule has 1 N–H and O–H groups in total. The number of nitrogens with zero attached hydrogens (tertiary/aromatic N) is 1. The van der Waals surface area contributed by atoms with Crippen LogP contribution in [0.4, 0.5) is 0 Å². The molecule has 2 heteroatoms. The maximum Gasteiger partial charge on any atom is 0.0505 e. The Hall–Kier alpha value is -0.0800. The zero-order valence-electron chi connectivity index (χ0n) is 7.51. The summed E-state index contributed by atoms with van der Waals surface area (Å²) in [6.45, 7) is 6.95. The number of hydrogen-bond donors (Lipinski definition) is 1. The van der Waals surface area contributed by atoms with Crippen molar-refractivity contribution in [1.29, 1.82) is 0 Å². The normalized spacial score (nSPS) is 38.5. The van der Waals surface area contributed by atoms with E-state index in [4.69, 9.17) is 0 Å². The van der Waals surface area contributed by atoms with Gasteiger partial charge in [0.05, 0.1) is 13.3 Å². The Labute approximate surface area is 69.0 Å². The van der Waals surface area contributed by atoms with Gasteiger partial charge in [0.2, 0.25) is 0 Å². The van der Waals surface area contributed by atoms with Crippen LogP contribution in [0.15, 0.2) is 0 Å². The van der Waals surface area contributed by atoms with Gasteiger partial charge in [-0.2, -0.15) is 0 Å². The molecule has 1 saturated heterocycles. The quantitative estimate of drug-likeness (QED) is 0.644. The molecule has 1 heterocycles. The van der Waals surface area contributed by atoms with Crippen LogP contribution in [-0.2, 0) is 0 Å². The highest BCUT2D eigenvalue weighted by atomic mass is 15.4. The first-order chi connectivity index (χ1) is 5.27. The summed E-state index contributed by atoms with van der Waals surface area (Å²) in [7, 11) is 0. The molecule has 2 rings (SSSR count). The molecule has 0 bridgehead atoms. The van der Waals surface area contributed by atoms with Crippen molar-refractivity contribution in [2.24, 2.45) is 11.8 Å². The zero-order chi connectivity index (χ0) is 7.84. The Kier molecular flexibility index (Phi) is 1.90. The standard InChI is InChI=1S/C9H18N2/c1-7(2)8-3-9(4-8)11-5-10-6-11/h7-10H,3-6H2,1-2H3. The SMILES string of the molecule is CC(C)C1CC(N2CNC2)C1. The van der Waals surface area contributed by atoms with E-state index < -0.39 is 0 Å². The molecule has 1 aliphatic carbocycles. The maximum atomic E-state index is 3.28. The molecular weight excluding hydrogens is 136 g/mol. The predicted molar refractivity (Wildman–Crippen MR) is 46.1 cm³/mol. The molecule has 0 atom stereocenters. The molecule has 2 fully saturated rings. The van der Waals surface area contributed by atoms with E-state index in [9.17, 15) is 0 Å². The Balaban J connectivity index is 1.70. The van der Waals surface area contributed by atoms with Crippen LogP contribution >= 0.6 is 0 Å². The third-order valence-electron chi connectivity index (χ3n) is 3.24. The number of rotatable bonds is 2. The van der Waals surface area contributed by atoms with Crippen molar-refractivity contribution in [2.75, 3.05) is 13.3 Å². The first kappa shape index (κ1) is 7.56. The summed E-state index contributed by atoms with van der Waals surface area (Å²) in [5, 5.41) is 3.28. The Morgan fingerprint density at radius 2 is 1.91 bits per heavy atom. The van der Waals surface area contributed by atoms with E-state index in [1.807, 2.05) is 0 Å². The molecule has 1 saturated carbocycles. The molecule has 0 unspecified atom stereocenters. The topological polar surface area (TPSA) is 15.3 Å². The highest BCUT2D eigenvalue weighted by Crippen LogP contribution is 2.37. The van der Waals surface area contributed by atoms with E-state index in [0.29, 0.717) is 0 Å². The fraction of sp³-hybridized carbons (Fsp3) is 1.00. The molecule has 2 aliphatic rings. The van der Waals surface area contributed by atoms with Crippen LogP contribution in [0.5, 0.6) is 0 Å². The van der Waals surface area contributed by atoms with Gasteiger partial charge in [-0.3, -0.25) is 10.2 Å². The summed E-state index contributed by atoms with van der Waals surface area (Å²) in [5.74, 6) is 1.92. The highest BCUT2D eigenvalue weighted by Gasteiger charge is 2.36. The molecule has 1 aliphatic heterocycles. The molecule has 0 spiro atoms. The van der Waals surface area contributed by atoms with Gasteiger partial charge in [0, 0.05) is 6.04 Å². The Morgan fingerprint density at radius 1 is 1.27 bits per heavy atom. The molecule has 0 aromatic rings. The van der Waals surface area contributed by atoms with E-state index in [2.05, 4.69) is 24.1 Å². The molecule has 0 radical (unpaired) electrons. The van der Waals surface area contributed by atoms with Crippen molar-refractivity contribution in [3.8, 4) is 0 Å². The van der Waals surface area contributed by atoms with Crippen LogP contribution in [0.2, 0.25) is 0 Å². The Morgan fingerprint density at radius 3 is 2.27 bits per heavy atom. The van der Waals surface area contributed by atoms with Crippen LogP contribution in [-0.4, -0.2) is 24.3 Å². The average Bonchev–Trinajstić information content (AvgIpc) is 1.70. The van der Waals surface area contributed by atoms with Gasteiger partial charge in [-0.05, 0) is 24.7 Å². The fourth-order valence-corrected chi connectivity index (χ4v) is 1.97. The molecule has 64 valence electrons. The van der Waals surface area contributed by atoms with Gasteiger partial charge in [0.15, 0.2) is 0 Å². The Bertz CT molecular complexity index is 134. The van der Waals surface area contributed by atoms with Crippen molar-refractivity contribution in [1.82, 2.24) is 10.2 Å². The monoisotopic (exact) mass is 154 g/mol. The van der Waals surface area contributed by atoms with Crippen LogP contribution < -0.4 is 5.32 Å². The molecule has 0 aromatic carbocycles. The van der Waals surface area contributed by atoms with Crippen LogP contribution in [0.3, 0.4) is 0 Å². The minimum atomic E-state index is 0.903. The lowest BCUT2D eigenvalue weighted by Gasteiger charge is -2.48. The smallest absolute Gasteiger partial charge is 0.0505 e. The summed E-state index contributed by atoms with van der Waals surface area (Å²) in [6, 6.07) is 0.920. The van der Waals surface area contributed by atoms with Crippen molar-refractivity contribution < 1.29 is 0 Å². The second kappa shape index (κ2) is 2.76. The minimum absolute atomic E-state index is 0.903. The highest BCUT2D eigenvalue weighted by molar-refractivity contribution is 4.89.